The Morgan fingerprint density at radius 1 is 1.10 bits per heavy atom. The molecular weight excluding hydrogens is 398 g/mol. The van der Waals surface area contributed by atoms with Crippen molar-refractivity contribution in [3.05, 3.63) is 70.4 Å². The molecule has 0 aliphatic rings. The van der Waals surface area contributed by atoms with Crippen LogP contribution in [0.4, 0.5) is 0 Å². The molecule has 0 spiro atoms. The number of thiazole rings is 1. The highest BCUT2D eigenvalue weighted by molar-refractivity contribution is 7.17. The summed E-state index contributed by atoms with van der Waals surface area (Å²) in [6.07, 6.45) is 2.51. The molecule has 0 fully saturated rings. The number of pyridine rings is 1. The average Bonchev–Trinajstić information content (AvgIpc) is 3.15. The number of amides is 1. The van der Waals surface area contributed by atoms with Crippen LogP contribution in [0.15, 0.2) is 48.7 Å². The maximum atomic E-state index is 12.7. The number of carbonyl (C=O) groups is 2. The molecule has 6 nitrogen and oxygen atoms in total. The minimum absolute atomic E-state index is 0.210. The first-order valence-corrected chi connectivity index (χ1v) is 10.7. The molecule has 30 heavy (non-hydrogen) atoms. The van der Waals surface area contributed by atoms with Crippen LogP contribution in [0.1, 0.15) is 39.8 Å². The summed E-state index contributed by atoms with van der Waals surface area (Å²) < 4.78 is 5.32. The van der Waals surface area contributed by atoms with E-state index in [9.17, 15) is 9.59 Å². The van der Waals surface area contributed by atoms with E-state index in [1.54, 1.807) is 18.0 Å². The van der Waals surface area contributed by atoms with Crippen LogP contribution in [0.25, 0.3) is 10.7 Å². The van der Waals surface area contributed by atoms with Gasteiger partial charge >= 0.3 is 5.97 Å². The first-order valence-electron chi connectivity index (χ1n) is 9.87. The van der Waals surface area contributed by atoms with Crippen LogP contribution >= 0.6 is 11.3 Å². The molecule has 0 aliphatic carbocycles. The van der Waals surface area contributed by atoms with Gasteiger partial charge in [0.15, 0.2) is 6.61 Å². The predicted molar refractivity (Wildman–Crippen MR) is 117 cm³/mol. The number of nitrogens with zero attached hydrogens (tertiary/aromatic N) is 3. The molecule has 2 heterocycles. The first kappa shape index (κ1) is 21.6. The van der Waals surface area contributed by atoms with Crippen molar-refractivity contribution in [3.63, 3.8) is 0 Å². The van der Waals surface area contributed by atoms with Gasteiger partial charge in [0.1, 0.15) is 9.88 Å². The molecule has 2 aromatic heterocycles. The Hall–Kier alpha value is -3.06. The van der Waals surface area contributed by atoms with Crippen molar-refractivity contribution in [2.24, 2.45) is 0 Å². The van der Waals surface area contributed by atoms with Gasteiger partial charge in [0, 0.05) is 19.3 Å². The van der Waals surface area contributed by atoms with Gasteiger partial charge in [-0.05, 0) is 38.0 Å². The maximum Gasteiger partial charge on any atom is 0.350 e. The molecule has 0 atom stereocenters. The molecule has 0 saturated heterocycles. The van der Waals surface area contributed by atoms with Crippen molar-refractivity contribution in [3.8, 4) is 10.7 Å². The summed E-state index contributed by atoms with van der Waals surface area (Å²) in [6, 6.07) is 13.6. The summed E-state index contributed by atoms with van der Waals surface area (Å²) in [4.78, 5) is 36.0. The number of benzene rings is 1. The standard InChI is InChI=1S/C23H25N3O3S/c1-4-13-26(14-18-10-8-16(2)9-11-18)20(27)15-29-23(28)21-17(3)25-22(30-21)19-7-5-6-12-24-19/h5-12H,4,13-15H2,1-3H3. The lowest BCUT2D eigenvalue weighted by Gasteiger charge is -2.22. The molecule has 156 valence electrons. The Morgan fingerprint density at radius 3 is 2.53 bits per heavy atom. The SMILES string of the molecule is CCCN(Cc1ccc(C)cc1)C(=O)COC(=O)c1sc(-c2ccccn2)nc1C. The van der Waals surface area contributed by atoms with E-state index >= 15 is 0 Å². The maximum absolute atomic E-state index is 12.7. The van der Waals surface area contributed by atoms with Crippen molar-refractivity contribution >= 4 is 23.2 Å². The number of ether oxygens (including phenoxy) is 1. The van der Waals surface area contributed by atoms with E-state index in [-0.39, 0.29) is 12.5 Å². The Labute approximate surface area is 180 Å². The molecule has 0 saturated carbocycles. The van der Waals surface area contributed by atoms with Crippen molar-refractivity contribution in [2.45, 2.75) is 33.7 Å². The Balaban J connectivity index is 1.63. The highest BCUT2D eigenvalue weighted by Crippen LogP contribution is 2.26. The van der Waals surface area contributed by atoms with Gasteiger partial charge in [0.2, 0.25) is 0 Å². The zero-order valence-electron chi connectivity index (χ0n) is 17.4. The first-order chi connectivity index (χ1) is 14.5. The normalized spacial score (nSPS) is 10.6. The third-order valence-electron chi connectivity index (χ3n) is 4.53. The largest absolute Gasteiger partial charge is 0.451 e. The Morgan fingerprint density at radius 2 is 1.87 bits per heavy atom. The second kappa shape index (κ2) is 10.1. The molecule has 1 aromatic carbocycles. The molecule has 7 heteroatoms. The molecular formula is C23H25N3O3S. The van der Waals surface area contributed by atoms with Crippen LogP contribution in [0, 0.1) is 13.8 Å². The lowest BCUT2D eigenvalue weighted by molar-refractivity contribution is -0.135. The number of carbonyl (C=O) groups excluding carboxylic acids is 2. The fourth-order valence-electron chi connectivity index (χ4n) is 2.94. The topological polar surface area (TPSA) is 72.4 Å². The lowest BCUT2D eigenvalue weighted by atomic mass is 10.1. The van der Waals surface area contributed by atoms with Crippen molar-refractivity contribution in [1.29, 1.82) is 0 Å². The summed E-state index contributed by atoms with van der Waals surface area (Å²) >= 11 is 1.22. The molecule has 0 bridgehead atoms. The number of hydrogen-bond donors (Lipinski definition) is 0. The number of hydrogen-bond acceptors (Lipinski definition) is 6. The minimum Gasteiger partial charge on any atom is -0.451 e. The third-order valence-corrected chi connectivity index (χ3v) is 5.69. The molecule has 1 amide bonds. The fraction of sp³-hybridized carbons (Fsp3) is 0.304. The van der Waals surface area contributed by atoms with Gasteiger partial charge in [0.05, 0.1) is 11.4 Å². The van der Waals surface area contributed by atoms with E-state index in [0.717, 1.165) is 12.0 Å². The van der Waals surface area contributed by atoms with E-state index < -0.39 is 5.97 Å². The second-order valence-corrected chi connectivity index (χ2v) is 8.02. The van der Waals surface area contributed by atoms with E-state index in [1.165, 1.54) is 16.9 Å². The van der Waals surface area contributed by atoms with Gasteiger partial charge < -0.3 is 9.64 Å². The van der Waals surface area contributed by atoms with Crippen molar-refractivity contribution in [1.82, 2.24) is 14.9 Å². The van der Waals surface area contributed by atoms with Gasteiger partial charge in [-0.1, -0.05) is 42.8 Å². The molecule has 0 aliphatic heterocycles. The molecule has 3 aromatic rings. The zero-order chi connectivity index (χ0) is 21.5. The van der Waals surface area contributed by atoms with Crippen LogP contribution in [0.2, 0.25) is 0 Å². The molecule has 3 rings (SSSR count). The summed E-state index contributed by atoms with van der Waals surface area (Å²) in [5, 5.41) is 0.651. The number of aryl methyl sites for hydroxylation is 2. The average molecular weight is 424 g/mol. The summed E-state index contributed by atoms with van der Waals surface area (Å²) in [5.41, 5.74) is 3.49. The number of rotatable bonds is 8. The fourth-order valence-corrected chi connectivity index (χ4v) is 3.88. The smallest absolute Gasteiger partial charge is 0.350 e. The zero-order valence-corrected chi connectivity index (χ0v) is 18.2. The van der Waals surface area contributed by atoms with Crippen LogP contribution in [0.3, 0.4) is 0 Å². The van der Waals surface area contributed by atoms with Crippen LogP contribution in [0.5, 0.6) is 0 Å². The van der Waals surface area contributed by atoms with Crippen LogP contribution in [-0.4, -0.2) is 39.9 Å². The quantitative estimate of drug-likeness (QED) is 0.502. The third kappa shape index (κ3) is 5.51. The van der Waals surface area contributed by atoms with Crippen molar-refractivity contribution in [2.75, 3.05) is 13.2 Å². The molecule has 0 radical (unpaired) electrons. The van der Waals surface area contributed by atoms with E-state index in [2.05, 4.69) is 9.97 Å². The number of aromatic nitrogens is 2. The van der Waals surface area contributed by atoms with Gasteiger partial charge in [-0.2, -0.15) is 0 Å². The monoisotopic (exact) mass is 423 g/mol. The van der Waals surface area contributed by atoms with Gasteiger partial charge in [-0.15, -0.1) is 11.3 Å². The van der Waals surface area contributed by atoms with Crippen LogP contribution in [-0.2, 0) is 16.1 Å². The summed E-state index contributed by atoms with van der Waals surface area (Å²) in [6.45, 7) is 6.60. The lowest BCUT2D eigenvalue weighted by Crippen LogP contribution is -2.34. The minimum atomic E-state index is -0.535. The highest BCUT2D eigenvalue weighted by atomic mass is 32.1. The molecule has 0 N–H and O–H groups in total. The van der Waals surface area contributed by atoms with E-state index in [0.29, 0.717) is 34.4 Å². The molecule has 0 unspecified atom stereocenters. The van der Waals surface area contributed by atoms with Gasteiger partial charge in [0.25, 0.3) is 5.91 Å². The van der Waals surface area contributed by atoms with Gasteiger partial charge in [-0.25, -0.2) is 9.78 Å². The predicted octanol–water partition coefficient (Wildman–Crippen LogP) is 4.42. The van der Waals surface area contributed by atoms with E-state index in [4.69, 9.17) is 4.74 Å². The Kier molecular flexibility index (Phi) is 7.30. The second-order valence-electron chi connectivity index (χ2n) is 7.03. The Bertz CT molecular complexity index is 1000. The van der Waals surface area contributed by atoms with Gasteiger partial charge in [-0.3, -0.25) is 9.78 Å². The van der Waals surface area contributed by atoms with Crippen molar-refractivity contribution < 1.29 is 14.3 Å². The highest BCUT2D eigenvalue weighted by Gasteiger charge is 2.21. The van der Waals surface area contributed by atoms with Crippen LogP contribution < -0.4 is 0 Å². The number of esters is 1. The summed E-state index contributed by atoms with van der Waals surface area (Å²) in [7, 11) is 0. The summed E-state index contributed by atoms with van der Waals surface area (Å²) in [5.74, 6) is -0.745. The van der Waals surface area contributed by atoms with E-state index in [1.807, 2.05) is 56.3 Å².